The third-order valence-electron chi connectivity index (χ3n) is 6.71. The third-order valence-corrected chi connectivity index (χ3v) is 9.92. The summed E-state index contributed by atoms with van der Waals surface area (Å²) in [7, 11) is -3.66. The van der Waals surface area contributed by atoms with E-state index in [0.29, 0.717) is 57.2 Å². The Kier molecular flexibility index (Phi) is 7.39. The van der Waals surface area contributed by atoms with Crippen molar-refractivity contribution in [3.63, 3.8) is 0 Å². The Morgan fingerprint density at radius 1 is 1.11 bits per heavy atom. The lowest BCUT2D eigenvalue weighted by molar-refractivity contribution is -0.137. The van der Waals surface area contributed by atoms with Gasteiger partial charge in [0.05, 0.1) is 27.6 Å². The number of carbonyl (C=O) groups is 1. The molecule has 5 rings (SSSR count). The van der Waals surface area contributed by atoms with Crippen LogP contribution < -0.4 is 9.64 Å². The number of piperidine rings is 1. The van der Waals surface area contributed by atoms with E-state index < -0.39 is 10.0 Å². The van der Waals surface area contributed by atoms with E-state index in [1.807, 2.05) is 30.0 Å². The number of carbonyl (C=O) groups excluding carboxylic acids is 1. The number of hydrogen-bond acceptors (Lipinski definition) is 7. The molecule has 2 aliphatic rings. The molecule has 2 aromatic carbocycles. The number of sulfonamides is 1. The topological polar surface area (TPSA) is 83.1 Å². The van der Waals surface area contributed by atoms with Crippen LogP contribution in [0.1, 0.15) is 19.8 Å². The Morgan fingerprint density at radius 3 is 2.58 bits per heavy atom. The summed E-state index contributed by atoms with van der Waals surface area (Å²) in [5.41, 5.74) is 0.946. The molecule has 3 heterocycles. The van der Waals surface area contributed by atoms with Gasteiger partial charge in [-0.05, 0) is 62.2 Å². The normalized spacial score (nSPS) is 19.6. The van der Waals surface area contributed by atoms with Crippen LogP contribution in [0.2, 0.25) is 5.02 Å². The monoisotopic (exact) mass is 548 g/mol. The molecule has 1 atom stereocenters. The van der Waals surface area contributed by atoms with Crippen molar-refractivity contribution in [3.8, 4) is 5.75 Å². The molecule has 11 heteroatoms. The molecule has 8 nitrogen and oxygen atoms in total. The van der Waals surface area contributed by atoms with Crippen molar-refractivity contribution in [2.24, 2.45) is 5.92 Å². The number of piperazine rings is 1. The summed E-state index contributed by atoms with van der Waals surface area (Å²) in [5, 5.41) is 1.43. The van der Waals surface area contributed by atoms with E-state index in [0.717, 1.165) is 21.1 Å². The first-order valence-electron chi connectivity index (χ1n) is 12.2. The van der Waals surface area contributed by atoms with Crippen molar-refractivity contribution in [2.75, 3.05) is 50.8 Å². The lowest BCUT2D eigenvalue weighted by Gasteiger charge is -2.38. The molecule has 0 N–H and O–H groups in total. The van der Waals surface area contributed by atoms with Gasteiger partial charge >= 0.3 is 0 Å². The minimum atomic E-state index is -3.66. The lowest BCUT2D eigenvalue weighted by atomic mass is 9.98. The molecule has 2 aliphatic heterocycles. The number of halogens is 1. The van der Waals surface area contributed by atoms with Gasteiger partial charge in [0.1, 0.15) is 5.75 Å². The Balaban J connectivity index is 1.21. The second-order valence-corrected chi connectivity index (χ2v) is 12.4. The van der Waals surface area contributed by atoms with Crippen molar-refractivity contribution in [3.05, 3.63) is 47.5 Å². The molecule has 36 heavy (non-hydrogen) atoms. The van der Waals surface area contributed by atoms with Crippen LogP contribution in [-0.4, -0.2) is 74.4 Å². The van der Waals surface area contributed by atoms with Crippen LogP contribution in [0.5, 0.6) is 5.75 Å². The summed E-state index contributed by atoms with van der Waals surface area (Å²) in [6.07, 6.45) is 1.37. The van der Waals surface area contributed by atoms with Crippen LogP contribution in [-0.2, 0) is 14.8 Å². The molecule has 0 aliphatic carbocycles. The number of benzene rings is 2. The van der Waals surface area contributed by atoms with E-state index in [-0.39, 0.29) is 23.3 Å². The number of ether oxygens (including phenoxy) is 1. The van der Waals surface area contributed by atoms with Gasteiger partial charge in [-0.25, -0.2) is 13.4 Å². The summed E-state index contributed by atoms with van der Waals surface area (Å²) in [5.74, 6) is 0.554. The quantitative estimate of drug-likeness (QED) is 0.461. The maximum absolute atomic E-state index is 13.3. The number of amides is 1. The van der Waals surface area contributed by atoms with E-state index in [1.54, 1.807) is 23.5 Å². The van der Waals surface area contributed by atoms with Gasteiger partial charge in [0, 0.05) is 44.3 Å². The first-order valence-corrected chi connectivity index (χ1v) is 14.8. The molecular weight excluding hydrogens is 520 g/mol. The maximum atomic E-state index is 13.3. The van der Waals surface area contributed by atoms with Crippen LogP contribution in [0.15, 0.2) is 47.4 Å². The molecule has 3 aromatic rings. The van der Waals surface area contributed by atoms with E-state index in [4.69, 9.17) is 21.3 Å². The number of fused-ring (bicyclic) bond motifs is 1. The number of aromatic nitrogens is 1. The minimum Gasteiger partial charge on any atom is -0.494 e. The van der Waals surface area contributed by atoms with Gasteiger partial charge in [-0.3, -0.25) is 4.79 Å². The number of nitrogens with zero attached hydrogens (tertiary/aromatic N) is 4. The number of rotatable bonds is 6. The van der Waals surface area contributed by atoms with Crippen LogP contribution >= 0.6 is 22.9 Å². The van der Waals surface area contributed by atoms with Crippen molar-refractivity contribution >= 4 is 54.2 Å². The highest BCUT2D eigenvalue weighted by Crippen LogP contribution is 2.32. The molecule has 0 bridgehead atoms. The fourth-order valence-corrected chi connectivity index (χ4v) is 7.47. The molecule has 0 radical (unpaired) electrons. The summed E-state index contributed by atoms with van der Waals surface area (Å²) >= 11 is 7.55. The Labute approximate surface area is 220 Å². The zero-order valence-corrected chi connectivity index (χ0v) is 22.5. The third kappa shape index (κ3) is 5.18. The highest BCUT2D eigenvalue weighted by atomic mass is 35.5. The Hall–Kier alpha value is -2.40. The van der Waals surface area contributed by atoms with Crippen LogP contribution in [0.3, 0.4) is 0 Å². The van der Waals surface area contributed by atoms with Gasteiger partial charge in [-0.2, -0.15) is 4.31 Å². The number of thiazole rings is 1. The largest absolute Gasteiger partial charge is 0.494 e. The average molecular weight is 549 g/mol. The lowest BCUT2D eigenvalue weighted by Crippen LogP contribution is -2.53. The molecule has 2 fully saturated rings. The molecule has 0 saturated carbocycles. The van der Waals surface area contributed by atoms with Crippen molar-refractivity contribution in [1.29, 1.82) is 0 Å². The van der Waals surface area contributed by atoms with Gasteiger partial charge in [0.25, 0.3) is 0 Å². The number of hydrogen-bond donors (Lipinski definition) is 0. The fraction of sp³-hybridized carbons (Fsp3) is 0.440. The summed E-state index contributed by atoms with van der Waals surface area (Å²) in [6.45, 7) is 5.81. The fourth-order valence-electron chi connectivity index (χ4n) is 4.78. The number of anilines is 1. The minimum absolute atomic E-state index is 0.0383. The zero-order chi connectivity index (χ0) is 25.3. The molecular formula is C25H29ClN4O4S2. The van der Waals surface area contributed by atoms with Crippen molar-refractivity contribution in [2.45, 2.75) is 24.7 Å². The van der Waals surface area contributed by atoms with Gasteiger partial charge in [-0.15, -0.1) is 0 Å². The summed E-state index contributed by atoms with van der Waals surface area (Å²) in [4.78, 5) is 22.4. The average Bonchev–Trinajstić information content (AvgIpc) is 3.32. The van der Waals surface area contributed by atoms with E-state index in [9.17, 15) is 13.2 Å². The molecule has 1 amide bonds. The van der Waals surface area contributed by atoms with Gasteiger partial charge in [-0.1, -0.05) is 22.9 Å². The molecule has 0 spiro atoms. The SMILES string of the molecule is CCOc1ccc2nc(N3CCN(C(=O)C4CCCN(S(=O)(=O)c5ccc(Cl)cc5)C4)CC3)sc2c1. The predicted molar refractivity (Wildman–Crippen MR) is 143 cm³/mol. The highest BCUT2D eigenvalue weighted by molar-refractivity contribution is 7.89. The van der Waals surface area contributed by atoms with Crippen LogP contribution in [0.4, 0.5) is 5.13 Å². The summed E-state index contributed by atoms with van der Waals surface area (Å²) < 4.78 is 34.3. The molecule has 192 valence electrons. The Bertz CT molecular complexity index is 1340. The van der Waals surface area contributed by atoms with E-state index in [1.165, 1.54) is 16.4 Å². The molecule has 2 saturated heterocycles. The smallest absolute Gasteiger partial charge is 0.243 e. The van der Waals surface area contributed by atoms with Gasteiger partial charge < -0.3 is 14.5 Å². The maximum Gasteiger partial charge on any atom is 0.243 e. The van der Waals surface area contributed by atoms with Gasteiger partial charge in [0.2, 0.25) is 15.9 Å². The zero-order valence-electron chi connectivity index (χ0n) is 20.1. The second-order valence-electron chi connectivity index (χ2n) is 9.03. The van der Waals surface area contributed by atoms with E-state index >= 15 is 0 Å². The predicted octanol–water partition coefficient (Wildman–Crippen LogP) is 4.10. The van der Waals surface area contributed by atoms with Crippen molar-refractivity contribution < 1.29 is 17.9 Å². The van der Waals surface area contributed by atoms with E-state index in [2.05, 4.69) is 4.90 Å². The van der Waals surface area contributed by atoms with Crippen molar-refractivity contribution in [1.82, 2.24) is 14.2 Å². The highest BCUT2D eigenvalue weighted by Gasteiger charge is 2.36. The Morgan fingerprint density at radius 2 is 1.86 bits per heavy atom. The molecule has 1 unspecified atom stereocenters. The van der Waals surface area contributed by atoms with Crippen LogP contribution in [0, 0.1) is 5.92 Å². The molecule has 1 aromatic heterocycles. The van der Waals surface area contributed by atoms with Gasteiger partial charge in [0.15, 0.2) is 5.13 Å². The standard InChI is InChI=1S/C25H29ClN4O4S2/c1-2-34-20-7-10-22-23(16-20)35-25(27-22)29-14-12-28(13-15-29)24(31)18-4-3-11-30(17-18)36(32,33)21-8-5-19(26)6-9-21/h5-10,16,18H,2-4,11-15,17H2,1H3. The second kappa shape index (κ2) is 10.5. The summed E-state index contributed by atoms with van der Waals surface area (Å²) in [6, 6.07) is 12.1. The first kappa shape index (κ1) is 25.3. The van der Waals surface area contributed by atoms with Crippen LogP contribution in [0.25, 0.3) is 10.2 Å². The first-order chi connectivity index (χ1) is 17.3.